The van der Waals surface area contributed by atoms with E-state index in [4.69, 9.17) is 11.6 Å². The van der Waals surface area contributed by atoms with Gasteiger partial charge < -0.3 is 5.32 Å². The highest BCUT2D eigenvalue weighted by Crippen LogP contribution is 2.17. The Morgan fingerprint density at radius 2 is 2.10 bits per heavy atom. The van der Waals surface area contributed by atoms with E-state index in [2.05, 4.69) is 50.5 Å². The van der Waals surface area contributed by atoms with Gasteiger partial charge in [0.1, 0.15) is 5.82 Å². The summed E-state index contributed by atoms with van der Waals surface area (Å²) in [5.74, 6) is 0.807. The van der Waals surface area contributed by atoms with Crippen LogP contribution in [0, 0.1) is 0 Å². The van der Waals surface area contributed by atoms with Gasteiger partial charge in [-0.1, -0.05) is 30.3 Å². The fraction of sp³-hybridized carbons (Fsp3) is 0.375. The quantitative estimate of drug-likeness (QED) is 0.881. The van der Waals surface area contributed by atoms with Gasteiger partial charge in [-0.3, -0.25) is 4.90 Å². The second-order valence-corrected chi connectivity index (χ2v) is 5.75. The van der Waals surface area contributed by atoms with Crippen LogP contribution in [0.1, 0.15) is 18.4 Å². The second kappa shape index (κ2) is 6.87. The standard InChI is InChI=1S/C16H19ClN4/c17-16-18-9-8-15(20-16)19-14-7-4-10-21(12-14)11-13-5-2-1-3-6-13/h1-3,5-6,8-9,14H,4,7,10-12H2,(H,18,19,20). The zero-order valence-corrected chi connectivity index (χ0v) is 12.6. The van der Waals surface area contributed by atoms with Crippen LogP contribution in [0.5, 0.6) is 0 Å². The van der Waals surface area contributed by atoms with Crippen LogP contribution in [0.4, 0.5) is 5.82 Å². The first-order chi connectivity index (χ1) is 10.3. The molecule has 1 saturated heterocycles. The van der Waals surface area contributed by atoms with Crippen molar-refractivity contribution < 1.29 is 0 Å². The summed E-state index contributed by atoms with van der Waals surface area (Å²) in [6.45, 7) is 3.18. The van der Waals surface area contributed by atoms with Crippen molar-refractivity contribution in [2.45, 2.75) is 25.4 Å². The zero-order valence-electron chi connectivity index (χ0n) is 11.9. The Labute approximate surface area is 130 Å². The summed E-state index contributed by atoms with van der Waals surface area (Å²) in [7, 11) is 0. The molecule has 1 aromatic heterocycles. The second-order valence-electron chi connectivity index (χ2n) is 5.42. The van der Waals surface area contributed by atoms with Crippen LogP contribution in [0.3, 0.4) is 0 Å². The largest absolute Gasteiger partial charge is 0.366 e. The minimum absolute atomic E-state index is 0.289. The minimum atomic E-state index is 0.289. The molecule has 2 aromatic rings. The van der Waals surface area contributed by atoms with Crippen molar-refractivity contribution in [1.29, 1.82) is 0 Å². The summed E-state index contributed by atoms with van der Waals surface area (Å²) >= 11 is 5.83. The van der Waals surface area contributed by atoms with Crippen molar-refractivity contribution in [3.05, 3.63) is 53.4 Å². The lowest BCUT2D eigenvalue weighted by Gasteiger charge is -2.33. The summed E-state index contributed by atoms with van der Waals surface area (Å²) in [4.78, 5) is 10.6. The number of rotatable bonds is 4. The molecule has 110 valence electrons. The number of anilines is 1. The first-order valence-electron chi connectivity index (χ1n) is 7.31. The Morgan fingerprint density at radius 3 is 2.90 bits per heavy atom. The average molecular weight is 303 g/mol. The number of nitrogens with one attached hydrogen (secondary N) is 1. The van der Waals surface area contributed by atoms with E-state index in [1.165, 1.54) is 12.0 Å². The fourth-order valence-electron chi connectivity index (χ4n) is 2.78. The normalized spacial score (nSPS) is 19.4. The van der Waals surface area contributed by atoms with Gasteiger partial charge in [0.15, 0.2) is 0 Å². The van der Waals surface area contributed by atoms with Gasteiger partial charge in [-0.15, -0.1) is 0 Å². The molecule has 1 aromatic carbocycles. The molecule has 1 aliphatic rings. The summed E-state index contributed by atoms with van der Waals surface area (Å²) in [6.07, 6.45) is 4.04. The molecule has 2 heterocycles. The van der Waals surface area contributed by atoms with Crippen molar-refractivity contribution in [2.75, 3.05) is 18.4 Å². The van der Waals surface area contributed by atoms with E-state index < -0.39 is 0 Å². The Bertz CT molecular complexity index is 575. The number of likely N-dealkylation sites (tertiary alicyclic amines) is 1. The average Bonchev–Trinajstić information content (AvgIpc) is 2.49. The molecular formula is C16H19ClN4. The highest BCUT2D eigenvalue weighted by Gasteiger charge is 2.20. The molecule has 0 bridgehead atoms. The monoisotopic (exact) mass is 302 g/mol. The molecule has 3 rings (SSSR count). The molecule has 1 aliphatic heterocycles. The van der Waals surface area contributed by atoms with Crippen LogP contribution < -0.4 is 5.32 Å². The van der Waals surface area contributed by atoms with E-state index >= 15 is 0 Å². The van der Waals surface area contributed by atoms with Crippen molar-refractivity contribution in [2.24, 2.45) is 0 Å². The fourth-order valence-corrected chi connectivity index (χ4v) is 2.93. The van der Waals surface area contributed by atoms with Gasteiger partial charge in [0.25, 0.3) is 0 Å². The number of piperidine rings is 1. The molecule has 4 nitrogen and oxygen atoms in total. The molecule has 0 amide bonds. The van der Waals surface area contributed by atoms with E-state index in [-0.39, 0.29) is 5.28 Å². The van der Waals surface area contributed by atoms with E-state index in [0.29, 0.717) is 6.04 Å². The molecule has 1 N–H and O–H groups in total. The van der Waals surface area contributed by atoms with Gasteiger partial charge >= 0.3 is 0 Å². The van der Waals surface area contributed by atoms with E-state index in [1.807, 2.05) is 6.07 Å². The van der Waals surface area contributed by atoms with Crippen LogP contribution in [0.25, 0.3) is 0 Å². The predicted molar refractivity (Wildman–Crippen MR) is 85.4 cm³/mol. The van der Waals surface area contributed by atoms with E-state index in [1.54, 1.807) is 6.20 Å². The van der Waals surface area contributed by atoms with E-state index in [9.17, 15) is 0 Å². The number of aromatic nitrogens is 2. The summed E-state index contributed by atoms with van der Waals surface area (Å²) < 4.78 is 0. The number of benzene rings is 1. The maximum atomic E-state index is 5.83. The maximum absolute atomic E-state index is 5.83. The highest BCUT2D eigenvalue weighted by atomic mass is 35.5. The first kappa shape index (κ1) is 14.3. The van der Waals surface area contributed by atoms with Crippen molar-refractivity contribution in [3.63, 3.8) is 0 Å². The molecule has 5 heteroatoms. The van der Waals surface area contributed by atoms with Gasteiger partial charge in [0, 0.05) is 25.3 Å². The molecule has 0 saturated carbocycles. The Hall–Kier alpha value is -1.65. The van der Waals surface area contributed by atoms with Crippen LogP contribution >= 0.6 is 11.6 Å². The van der Waals surface area contributed by atoms with Crippen LogP contribution in [-0.2, 0) is 6.54 Å². The number of nitrogens with zero attached hydrogens (tertiary/aromatic N) is 3. The predicted octanol–water partition coefficient (Wildman–Crippen LogP) is 3.21. The van der Waals surface area contributed by atoms with Crippen molar-refractivity contribution >= 4 is 17.4 Å². The lowest BCUT2D eigenvalue weighted by Crippen LogP contribution is -2.41. The molecule has 1 fully saturated rings. The van der Waals surface area contributed by atoms with Crippen molar-refractivity contribution in [3.8, 4) is 0 Å². The third-order valence-electron chi connectivity index (χ3n) is 3.73. The van der Waals surface area contributed by atoms with Gasteiger partial charge in [-0.2, -0.15) is 0 Å². The third kappa shape index (κ3) is 4.16. The number of halogens is 1. The SMILES string of the molecule is Clc1nccc(NC2CCCN(Cc3ccccc3)C2)n1. The molecule has 1 atom stereocenters. The summed E-state index contributed by atoms with van der Waals surface area (Å²) in [5, 5.41) is 3.75. The minimum Gasteiger partial charge on any atom is -0.366 e. The Morgan fingerprint density at radius 1 is 1.24 bits per heavy atom. The van der Waals surface area contributed by atoms with Crippen LogP contribution in [-0.4, -0.2) is 34.0 Å². The summed E-state index contributed by atoms with van der Waals surface area (Å²) in [5.41, 5.74) is 1.36. The lowest BCUT2D eigenvalue weighted by molar-refractivity contribution is 0.208. The number of hydrogen-bond acceptors (Lipinski definition) is 4. The zero-order chi connectivity index (χ0) is 14.5. The molecule has 0 spiro atoms. The highest BCUT2D eigenvalue weighted by molar-refractivity contribution is 6.28. The van der Waals surface area contributed by atoms with Crippen LogP contribution in [0.2, 0.25) is 5.28 Å². The number of hydrogen-bond donors (Lipinski definition) is 1. The topological polar surface area (TPSA) is 41.1 Å². The van der Waals surface area contributed by atoms with Gasteiger partial charge in [-0.05, 0) is 42.6 Å². The lowest BCUT2D eigenvalue weighted by atomic mass is 10.0. The summed E-state index contributed by atoms with van der Waals surface area (Å²) in [6, 6.07) is 12.9. The molecule has 21 heavy (non-hydrogen) atoms. The maximum Gasteiger partial charge on any atom is 0.224 e. The molecule has 0 aliphatic carbocycles. The molecule has 0 radical (unpaired) electrons. The van der Waals surface area contributed by atoms with Crippen LogP contribution in [0.15, 0.2) is 42.6 Å². The van der Waals surface area contributed by atoms with Crippen molar-refractivity contribution in [1.82, 2.24) is 14.9 Å². The third-order valence-corrected chi connectivity index (χ3v) is 3.91. The Balaban J connectivity index is 1.58. The molecular weight excluding hydrogens is 284 g/mol. The van der Waals surface area contributed by atoms with Gasteiger partial charge in [0.05, 0.1) is 0 Å². The van der Waals surface area contributed by atoms with Gasteiger partial charge in [0.2, 0.25) is 5.28 Å². The van der Waals surface area contributed by atoms with Gasteiger partial charge in [-0.25, -0.2) is 9.97 Å². The first-order valence-corrected chi connectivity index (χ1v) is 7.69. The Kier molecular flexibility index (Phi) is 4.68. The van der Waals surface area contributed by atoms with E-state index in [0.717, 1.165) is 31.9 Å². The molecule has 1 unspecified atom stereocenters. The smallest absolute Gasteiger partial charge is 0.224 e.